The van der Waals surface area contributed by atoms with Gasteiger partial charge in [0.15, 0.2) is 0 Å². The van der Waals surface area contributed by atoms with Gasteiger partial charge in [0.25, 0.3) is 0 Å². The number of aldehydes is 1. The molecule has 0 spiro atoms. The Kier molecular flexibility index (Phi) is 2.25. The van der Waals surface area contributed by atoms with Crippen LogP contribution in [-0.2, 0) is 10.2 Å². The van der Waals surface area contributed by atoms with Crippen molar-refractivity contribution < 1.29 is 9.28 Å². The molecule has 15 heavy (non-hydrogen) atoms. The summed E-state index contributed by atoms with van der Waals surface area (Å²) in [4.78, 5) is 10.8. The monoisotopic (exact) mass is 207 g/mol. The fourth-order valence-corrected chi connectivity index (χ4v) is 2.23. The molecule has 2 nitrogen and oxygen atoms in total. The second-order valence-corrected chi connectivity index (χ2v) is 4.62. The summed E-state index contributed by atoms with van der Waals surface area (Å²) in [6.45, 7) is 4.07. The molecule has 0 aromatic heterocycles. The molecule has 0 saturated carbocycles. The van der Waals surface area contributed by atoms with Crippen LogP contribution < -0.4 is 5.12 Å². The Bertz CT molecular complexity index is 389. The molecule has 0 amide bonds. The summed E-state index contributed by atoms with van der Waals surface area (Å²) < 4.78 is 13.8. The predicted octanol–water partition coefficient (Wildman–Crippen LogP) is 2.63. The summed E-state index contributed by atoms with van der Waals surface area (Å²) >= 11 is 0. The van der Waals surface area contributed by atoms with Crippen LogP contribution in [0.5, 0.6) is 0 Å². The van der Waals surface area contributed by atoms with Gasteiger partial charge < -0.3 is 4.79 Å². The Balaban J connectivity index is 2.54. The van der Waals surface area contributed by atoms with E-state index in [0.717, 1.165) is 5.56 Å². The standard InChI is InChI=1S/C12H14FNO/c1-12(2)7-9(8-15)14(13)11-6-4-3-5-10(11)12/h3-6,8-9H,7H2,1-2H3. The van der Waals surface area contributed by atoms with Gasteiger partial charge in [0.05, 0.1) is 5.69 Å². The average Bonchev–Trinajstić information content (AvgIpc) is 2.24. The van der Waals surface area contributed by atoms with Crippen molar-refractivity contribution in [1.82, 2.24) is 0 Å². The maximum absolute atomic E-state index is 13.8. The maximum atomic E-state index is 13.8. The molecular formula is C12H14FNO. The molecule has 0 saturated heterocycles. The van der Waals surface area contributed by atoms with E-state index in [-0.39, 0.29) is 5.41 Å². The van der Waals surface area contributed by atoms with Crippen LogP contribution in [0.15, 0.2) is 24.3 Å². The highest BCUT2D eigenvalue weighted by molar-refractivity contribution is 5.70. The Labute approximate surface area is 88.6 Å². The third-order valence-electron chi connectivity index (χ3n) is 3.03. The molecule has 1 aromatic rings. The van der Waals surface area contributed by atoms with Crippen molar-refractivity contribution in [2.24, 2.45) is 0 Å². The number of halogens is 1. The zero-order valence-corrected chi connectivity index (χ0v) is 8.90. The SMILES string of the molecule is CC1(C)CC(C=O)N(F)c2ccccc21. The maximum Gasteiger partial charge on any atom is 0.145 e. The summed E-state index contributed by atoms with van der Waals surface area (Å²) in [5.41, 5.74) is 1.33. The van der Waals surface area contributed by atoms with Crippen LogP contribution in [0.1, 0.15) is 25.8 Å². The number of carbonyl (C=O) groups excluding carboxylic acids is 1. The average molecular weight is 207 g/mol. The van der Waals surface area contributed by atoms with Gasteiger partial charge in [0, 0.05) is 0 Å². The van der Waals surface area contributed by atoms with E-state index < -0.39 is 6.04 Å². The molecule has 3 heteroatoms. The van der Waals surface area contributed by atoms with Crippen LogP contribution in [0.2, 0.25) is 0 Å². The summed E-state index contributed by atoms with van der Waals surface area (Å²) in [7, 11) is 0. The first-order valence-corrected chi connectivity index (χ1v) is 5.06. The van der Waals surface area contributed by atoms with Crippen molar-refractivity contribution in [2.75, 3.05) is 5.12 Å². The van der Waals surface area contributed by atoms with E-state index in [2.05, 4.69) is 0 Å². The Morgan fingerprint density at radius 2 is 2.13 bits per heavy atom. The zero-order valence-electron chi connectivity index (χ0n) is 8.90. The predicted molar refractivity (Wildman–Crippen MR) is 57.5 cm³/mol. The van der Waals surface area contributed by atoms with Crippen LogP contribution in [-0.4, -0.2) is 12.3 Å². The molecule has 1 aliphatic heterocycles. The van der Waals surface area contributed by atoms with E-state index in [0.29, 0.717) is 23.5 Å². The lowest BCUT2D eigenvalue weighted by molar-refractivity contribution is -0.110. The van der Waals surface area contributed by atoms with Crippen LogP contribution in [0.25, 0.3) is 0 Å². The highest BCUT2D eigenvalue weighted by Gasteiger charge is 2.37. The zero-order chi connectivity index (χ0) is 11.1. The largest absolute Gasteiger partial charge is 0.301 e. The second kappa shape index (κ2) is 3.33. The van der Waals surface area contributed by atoms with Gasteiger partial charge in [-0.05, 0) is 23.5 Å². The first-order chi connectivity index (χ1) is 7.06. The van der Waals surface area contributed by atoms with Crippen LogP contribution in [0.3, 0.4) is 0 Å². The summed E-state index contributed by atoms with van der Waals surface area (Å²) in [6.07, 6.45) is 1.20. The number of rotatable bonds is 1. The van der Waals surface area contributed by atoms with Gasteiger partial charge >= 0.3 is 0 Å². The second-order valence-electron chi connectivity index (χ2n) is 4.62. The molecule has 0 N–H and O–H groups in total. The van der Waals surface area contributed by atoms with Crippen molar-refractivity contribution >= 4 is 12.0 Å². The van der Waals surface area contributed by atoms with Gasteiger partial charge in [-0.3, -0.25) is 0 Å². The molecule has 1 atom stereocenters. The molecule has 1 unspecified atom stereocenters. The number of anilines is 1. The molecule has 80 valence electrons. The van der Waals surface area contributed by atoms with E-state index in [9.17, 15) is 9.28 Å². The van der Waals surface area contributed by atoms with Gasteiger partial charge in [0.1, 0.15) is 12.3 Å². The molecule has 0 fully saturated rings. The number of carbonyl (C=O) groups is 1. The molecule has 0 aliphatic carbocycles. The van der Waals surface area contributed by atoms with Crippen molar-refractivity contribution in [2.45, 2.75) is 31.7 Å². The highest BCUT2D eigenvalue weighted by atomic mass is 19.2. The molecule has 1 aliphatic rings. The topological polar surface area (TPSA) is 20.3 Å². The quantitative estimate of drug-likeness (QED) is 0.521. The number of benzene rings is 1. The van der Waals surface area contributed by atoms with Crippen LogP contribution >= 0.6 is 0 Å². The minimum absolute atomic E-state index is 0.148. The highest BCUT2D eigenvalue weighted by Crippen LogP contribution is 2.41. The number of nitrogens with zero attached hydrogens (tertiary/aromatic N) is 1. The lowest BCUT2D eigenvalue weighted by atomic mass is 9.75. The van der Waals surface area contributed by atoms with Crippen molar-refractivity contribution in [3.8, 4) is 0 Å². The molecule has 0 bridgehead atoms. The molecule has 0 radical (unpaired) electrons. The van der Waals surface area contributed by atoms with Crippen molar-refractivity contribution in [3.63, 3.8) is 0 Å². The number of hydrogen-bond acceptors (Lipinski definition) is 2. The van der Waals surface area contributed by atoms with Gasteiger partial charge in [-0.15, -0.1) is 0 Å². The van der Waals surface area contributed by atoms with Gasteiger partial charge in [-0.1, -0.05) is 36.5 Å². The summed E-state index contributed by atoms with van der Waals surface area (Å²) in [5.74, 6) is 0. The van der Waals surface area contributed by atoms with Gasteiger partial charge in [-0.2, -0.15) is 0 Å². The first kappa shape index (κ1) is 10.1. The lowest BCUT2D eigenvalue weighted by Gasteiger charge is -2.38. The summed E-state index contributed by atoms with van der Waals surface area (Å²) in [5, 5.41) is 0.577. The normalized spacial score (nSPS) is 23.4. The van der Waals surface area contributed by atoms with Gasteiger partial charge in [-0.25, -0.2) is 5.12 Å². The van der Waals surface area contributed by atoms with Crippen molar-refractivity contribution in [1.29, 1.82) is 0 Å². The first-order valence-electron chi connectivity index (χ1n) is 5.06. The number of hydrogen-bond donors (Lipinski definition) is 0. The Morgan fingerprint density at radius 3 is 2.80 bits per heavy atom. The Morgan fingerprint density at radius 1 is 1.47 bits per heavy atom. The summed E-state index contributed by atoms with van der Waals surface area (Å²) in [6, 6.07) is 6.66. The Hall–Kier alpha value is -1.38. The minimum atomic E-state index is -0.658. The lowest BCUT2D eigenvalue weighted by Crippen LogP contribution is -2.41. The molecular weight excluding hydrogens is 193 g/mol. The molecule has 2 rings (SSSR count). The van der Waals surface area contributed by atoms with E-state index in [1.54, 1.807) is 12.1 Å². The minimum Gasteiger partial charge on any atom is -0.301 e. The smallest absolute Gasteiger partial charge is 0.145 e. The van der Waals surface area contributed by atoms with Crippen LogP contribution in [0.4, 0.5) is 10.2 Å². The number of fused-ring (bicyclic) bond motifs is 1. The fourth-order valence-electron chi connectivity index (χ4n) is 2.23. The van der Waals surface area contributed by atoms with E-state index in [1.807, 2.05) is 26.0 Å². The van der Waals surface area contributed by atoms with E-state index >= 15 is 0 Å². The van der Waals surface area contributed by atoms with Gasteiger partial charge in [0.2, 0.25) is 0 Å². The van der Waals surface area contributed by atoms with Crippen LogP contribution in [0, 0.1) is 0 Å². The third-order valence-corrected chi connectivity index (χ3v) is 3.03. The fraction of sp³-hybridized carbons (Fsp3) is 0.417. The van der Waals surface area contributed by atoms with Crippen molar-refractivity contribution in [3.05, 3.63) is 29.8 Å². The third kappa shape index (κ3) is 1.52. The molecule has 1 heterocycles. The number of para-hydroxylation sites is 1. The molecule has 1 aromatic carbocycles. The van der Waals surface area contributed by atoms with E-state index in [1.165, 1.54) is 0 Å². The van der Waals surface area contributed by atoms with E-state index in [4.69, 9.17) is 0 Å².